The molecule has 0 bridgehead atoms. The zero-order valence-corrected chi connectivity index (χ0v) is 13.6. The van der Waals surface area contributed by atoms with Crippen molar-refractivity contribution in [2.24, 2.45) is 0 Å². The minimum absolute atomic E-state index is 0.174. The highest BCUT2D eigenvalue weighted by molar-refractivity contribution is 7.80. The molecule has 0 saturated carbocycles. The SMILES string of the molecule is Cc1ccc(NC(=S)NC(=O)c2ccc3c(c2)OCO3)c(C)c1. The Bertz CT molecular complexity index is 789. The number of anilines is 1. The third-order valence-corrected chi connectivity index (χ3v) is 3.70. The smallest absolute Gasteiger partial charge is 0.257 e. The molecule has 0 aliphatic carbocycles. The van der Waals surface area contributed by atoms with E-state index in [0.29, 0.717) is 17.1 Å². The summed E-state index contributed by atoms with van der Waals surface area (Å²) in [6, 6.07) is 11.0. The molecule has 5 nitrogen and oxygen atoms in total. The predicted molar refractivity (Wildman–Crippen MR) is 92.2 cm³/mol. The molecule has 1 aliphatic heterocycles. The van der Waals surface area contributed by atoms with Gasteiger partial charge >= 0.3 is 0 Å². The Labute approximate surface area is 139 Å². The predicted octanol–water partition coefficient (Wildman–Crippen LogP) is 3.16. The van der Waals surface area contributed by atoms with Crippen molar-refractivity contribution >= 4 is 28.9 Å². The molecule has 3 rings (SSSR count). The molecule has 2 N–H and O–H groups in total. The van der Waals surface area contributed by atoms with Crippen molar-refractivity contribution in [3.8, 4) is 11.5 Å². The zero-order valence-electron chi connectivity index (χ0n) is 12.8. The van der Waals surface area contributed by atoms with E-state index in [1.807, 2.05) is 32.0 Å². The van der Waals surface area contributed by atoms with Crippen molar-refractivity contribution in [3.63, 3.8) is 0 Å². The van der Waals surface area contributed by atoms with Crippen molar-refractivity contribution in [1.29, 1.82) is 0 Å². The number of rotatable bonds is 2. The lowest BCUT2D eigenvalue weighted by Gasteiger charge is -2.12. The normalized spacial score (nSPS) is 11.9. The van der Waals surface area contributed by atoms with Crippen LogP contribution >= 0.6 is 12.2 Å². The molecule has 0 aromatic heterocycles. The monoisotopic (exact) mass is 328 g/mol. The topological polar surface area (TPSA) is 59.6 Å². The van der Waals surface area contributed by atoms with Crippen molar-refractivity contribution in [2.75, 3.05) is 12.1 Å². The third kappa shape index (κ3) is 3.43. The van der Waals surface area contributed by atoms with Crippen LogP contribution in [-0.4, -0.2) is 17.8 Å². The van der Waals surface area contributed by atoms with Crippen molar-refractivity contribution < 1.29 is 14.3 Å². The van der Waals surface area contributed by atoms with E-state index in [0.717, 1.165) is 11.3 Å². The van der Waals surface area contributed by atoms with Gasteiger partial charge in [0.25, 0.3) is 5.91 Å². The van der Waals surface area contributed by atoms with Crippen molar-refractivity contribution in [1.82, 2.24) is 5.32 Å². The zero-order chi connectivity index (χ0) is 16.4. The molecule has 0 spiro atoms. The highest BCUT2D eigenvalue weighted by Gasteiger charge is 2.16. The molecule has 118 valence electrons. The molecular formula is C17H16N2O3S. The van der Waals surface area contributed by atoms with Gasteiger partial charge in [0.2, 0.25) is 6.79 Å². The van der Waals surface area contributed by atoms with Gasteiger partial charge < -0.3 is 14.8 Å². The number of hydrogen-bond donors (Lipinski definition) is 2. The van der Waals surface area contributed by atoms with Gasteiger partial charge in [0.05, 0.1) is 0 Å². The first kappa shape index (κ1) is 15.3. The molecule has 1 heterocycles. The molecule has 6 heteroatoms. The van der Waals surface area contributed by atoms with Crippen LogP contribution in [0, 0.1) is 13.8 Å². The lowest BCUT2D eigenvalue weighted by Crippen LogP contribution is -2.34. The number of nitrogens with one attached hydrogen (secondary N) is 2. The molecule has 0 unspecified atom stereocenters. The molecular weight excluding hydrogens is 312 g/mol. The average Bonchev–Trinajstić information content (AvgIpc) is 2.97. The summed E-state index contributed by atoms with van der Waals surface area (Å²) in [5.74, 6) is 0.897. The first-order chi connectivity index (χ1) is 11.0. The fourth-order valence-corrected chi connectivity index (χ4v) is 2.52. The number of carbonyl (C=O) groups is 1. The number of aryl methyl sites for hydroxylation is 2. The standard InChI is InChI=1S/C17H16N2O3S/c1-10-3-5-13(11(2)7-10)18-17(23)19-16(20)12-4-6-14-15(8-12)22-9-21-14/h3-8H,9H2,1-2H3,(H2,18,19,20,23). The van der Waals surface area contributed by atoms with Crippen molar-refractivity contribution in [3.05, 3.63) is 53.1 Å². The molecule has 1 aliphatic rings. The van der Waals surface area contributed by atoms with Gasteiger partial charge in [-0.15, -0.1) is 0 Å². The maximum Gasteiger partial charge on any atom is 0.257 e. The van der Waals surface area contributed by atoms with Crippen LogP contribution in [0.15, 0.2) is 36.4 Å². The van der Waals surface area contributed by atoms with Gasteiger partial charge in [-0.3, -0.25) is 10.1 Å². The largest absolute Gasteiger partial charge is 0.454 e. The number of benzene rings is 2. The van der Waals surface area contributed by atoms with Gasteiger partial charge in [0, 0.05) is 11.3 Å². The van der Waals surface area contributed by atoms with Crippen LogP contribution in [0.2, 0.25) is 0 Å². The molecule has 0 saturated heterocycles. The maximum absolute atomic E-state index is 12.2. The van der Waals surface area contributed by atoms with E-state index in [1.165, 1.54) is 5.56 Å². The Morgan fingerprint density at radius 1 is 1.09 bits per heavy atom. The lowest BCUT2D eigenvalue weighted by molar-refractivity contribution is 0.0977. The minimum Gasteiger partial charge on any atom is -0.454 e. The van der Waals surface area contributed by atoms with Gasteiger partial charge in [-0.2, -0.15) is 0 Å². The highest BCUT2D eigenvalue weighted by Crippen LogP contribution is 2.32. The van der Waals surface area contributed by atoms with E-state index in [1.54, 1.807) is 18.2 Å². The summed E-state index contributed by atoms with van der Waals surface area (Å²) in [4.78, 5) is 12.2. The average molecular weight is 328 g/mol. The first-order valence-electron chi connectivity index (χ1n) is 7.12. The lowest BCUT2D eigenvalue weighted by atomic mass is 10.1. The summed E-state index contributed by atoms with van der Waals surface area (Å²) in [5.41, 5.74) is 3.55. The Morgan fingerprint density at radius 3 is 2.65 bits per heavy atom. The Hall–Kier alpha value is -2.60. The molecule has 23 heavy (non-hydrogen) atoms. The summed E-state index contributed by atoms with van der Waals surface area (Å²) in [6.45, 7) is 4.18. The third-order valence-electron chi connectivity index (χ3n) is 3.49. The number of ether oxygens (including phenoxy) is 2. The number of amides is 1. The van der Waals surface area contributed by atoms with E-state index in [-0.39, 0.29) is 17.8 Å². The number of thiocarbonyl (C=S) groups is 1. The molecule has 0 radical (unpaired) electrons. The fourth-order valence-electron chi connectivity index (χ4n) is 2.32. The van der Waals surface area contributed by atoms with E-state index in [4.69, 9.17) is 21.7 Å². The minimum atomic E-state index is -0.300. The second-order valence-corrected chi connectivity index (χ2v) is 5.70. The molecule has 2 aromatic carbocycles. The Kier molecular flexibility index (Phi) is 4.16. The van der Waals surface area contributed by atoms with Gasteiger partial charge in [-0.1, -0.05) is 17.7 Å². The van der Waals surface area contributed by atoms with Crippen molar-refractivity contribution in [2.45, 2.75) is 13.8 Å². The molecule has 0 fully saturated rings. The highest BCUT2D eigenvalue weighted by atomic mass is 32.1. The van der Waals surface area contributed by atoms with Crippen LogP contribution in [0.1, 0.15) is 21.5 Å². The van der Waals surface area contributed by atoms with Gasteiger partial charge in [-0.25, -0.2) is 0 Å². The van der Waals surface area contributed by atoms with Crippen LogP contribution in [0.25, 0.3) is 0 Å². The molecule has 0 atom stereocenters. The maximum atomic E-state index is 12.2. The summed E-state index contributed by atoms with van der Waals surface area (Å²) in [7, 11) is 0. The van der Waals surface area contributed by atoms with E-state index >= 15 is 0 Å². The second kappa shape index (κ2) is 6.26. The van der Waals surface area contributed by atoms with E-state index in [2.05, 4.69) is 10.6 Å². The molecule has 2 aromatic rings. The number of fused-ring (bicyclic) bond motifs is 1. The van der Waals surface area contributed by atoms with Gasteiger partial charge in [0.15, 0.2) is 16.6 Å². The summed E-state index contributed by atoms with van der Waals surface area (Å²) >= 11 is 5.21. The summed E-state index contributed by atoms with van der Waals surface area (Å²) < 4.78 is 10.5. The van der Waals surface area contributed by atoms with Crippen LogP contribution in [0.3, 0.4) is 0 Å². The second-order valence-electron chi connectivity index (χ2n) is 5.29. The van der Waals surface area contributed by atoms with Crippen LogP contribution < -0.4 is 20.1 Å². The Morgan fingerprint density at radius 2 is 1.87 bits per heavy atom. The van der Waals surface area contributed by atoms with E-state index < -0.39 is 0 Å². The van der Waals surface area contributed by atoms with Gasteiger partial charge in [0.1, 0.15) is 0 Å². The van der Waals surface area contributed by atoms with Crippen LogP contribution in [0.5, 0.6) is 11.5 Å². The van der Waals surface area contributed by atoms with Crippen LogP contribution in [0.4, 0.5) is 5.69 Å². The Balaban J connectivity index is 1.66. The van der Waals surface area contributed by atoms with Gasteiger partial charge in [-0.05, 0) is 55.9 Å². The first-order valence-corrected chi connectivity index (χ1v) is 7.53. The quantitative estimate of drug-likeness (QED) is 0.829. The fraction of sp³-hybridized carbons (Fsp3) is 0.176. The summed E-state index contributed by atoms with van der Waals surface area (Å²) in [5, 5.41) is 5.95. The van der Waals surface area contributed by atoms with Crippen LogP contribution in [-0.2, 0) is 0 Å². The molecule has 1 amide bonds. The number of hydrogen-bond acceptors (Lipinski definition) is 4. The summed E-state index contributed by atoms with van der Waals surface area (Å²) in [6.07, 6.45) is 0. The number of carbonyl (C=O) groups excluding carboxylic acids is 1. The van der Waals surface area contributed by atoms with E-state index in [9.17, 15) is 4.79 Å².